The van der Waals surface area contributed by atoms with E-state index in [1.54, 1.807) is 6.07 Å². The van der Waals surface area contributed by atoms with Crippen LogP contribution in [0.25, 0.3) is 0 Å². The number of hydrogen-bond donors (Lipinski definition) is 0. The van der Waals surface area contributed by atoms with Crippen molar-refractivity contribution in [1.82, 2.24) is 14.8 Å². The minimum absolute atomic E-state index is 0.169. The highest BCUT2D eigenvalue weighted by Crippen LogP contribution is 2.29. The topological polar surface area (TPSA) is 39.7 Å². The molecule has 1 unspecified atom stereocenters. The normalized spacial score (nSPS) is 21.9. The van der Waals surface area contributed by atoms with E-state index in [9.17, 15) is 18.0 Å². The summed E-state index contributed by atoms with van der Waals surface area (Å²) in [6, 6.07) is 4.06. The number of rotatable bonds is 6. The summed E-state index contributed by atoms with van der Waals surface area (Å²) in [5, 5.41) is 0. The maximum atomic E-state index is 12.8. The predicted molar refractivity (Wildman–Crippen MR) is 97.5 cm³/mol. The van der Waals surface area contributed by atoms with Gasteiger partial charge in [-0.1, -0.05) is 13.0 Å². The number of alkyl halides is 3. The van der Waals surface area contributed by atoms with Crippen molar-refractivity contribution in [2.24, 2.45) is 5.92 Å². The average Bonchev–Trinajstić information content (AvgIpc) is 2.97. The summed E-state index contributed by atoms with van der Waals surface area (Å²) in [6.07, 6.45) is -1.43. The van der Waals surface area contributed by atoms with Crippen LogP contribution in [0, 0.1) is 5.92 Å². The van der Waals surface area contributed by atoms with Crippen molar-refractivity contribution >= 4 is 11.7 Å². The lowest BCUT2D eigenvalue weighted by Gasteiger charge is -2.35. The van der Waals surface area contributed by atoms with Gasteiger partial charge in [0.05, 0.1) is 0 Å². The number of piperazine rings is 1. The minimum Gasteiger partial charge on any atom is -0.354 e. The van der Waals surface area contributed by atoms with E-state index in [1.165, 1.54) is 6.07 Å². The van der Waals surface area contributed by atoms with Crippen LogP contribution in [-0.2, 0) is 11.0 Å². The molecule has 2 aliphatic rings. The Hall–Kier alpha value is -1.83. The number of carbonyl (C=O) groups is 1. The molecule has 3 rings (SSSR count). The van der Waals surface area contributed by atoms with E-state index in [-0.39, 0.29) is 11.8 Å². The number of likely N-dealkylation sites (tertiary alicyclic amines) is 1. The Morgan fingerprint density at radius 1 is 1.07 bits per heavy atom. The first-order chi connectivity index (χ1) is 12.8. The van der Waals surface area contributed by atoms with Gasteiger partial charge in [-0.05, 0) is 37.9 Å². The number of pyridine rings is 1. The zero-order valence-electron chi connectivity index (χ0n) is 15.7. The maximum Gasteiger partial charge on any atom is 0.433 e. The van der Waals surface area contributed by atoms with Crippen LogP contribution < -0.4 is 4.90 Å². The standard InChI is InChI=1S/C19H27F3N4O/c1-15-7-10-26(18(15)27)9-3-2-8-24-11-13-25(14-12-24)17-6-4-5-16(23-17)19(20,21)22/h4-6,15H,2-3,7-14H2,1H3. The molecule has 5 nitrogen and oxygen atoms in total. The Bertz CT molecular complexity index is 644. The fourth-order valence-electron chi connectivity index (χ4n) is 3.71. The van der Waals surface area contributed by atoms with Gasteiger partial charge in [0.15, 0.2) is 0 Å². The van der Waals surface area contributed by atoms with E-state index in [0.717, 1.165) is 58.1 Å². The number of carbonyl (C=O) groups excluding carboxylic acids is 1. The number of halogens is 3. The van der Waals surface area contributed by atoms with E-state index >= 15 is 0 Å². The summed E-state index contributed by atoms with van der Waals surface area (Å²) < 4.78 is 38.4. The molecule has 3 heterocycles. The van der Waals surface area contributed by atoms with Crippen molar-refractivity contribution in [1.29, 1.82) is 0 Å². The SMILES string of the molecule is CC1CCN(CCCCN2CCN(c3cccc(C(F)(F)F)n3)CC2)C1=O. The maximum absolute atomic E-state index is 12.8. The summed E-state index contributed by atoms with van der Waals surface area (Å²) in [4.78, 5) is 21.9. The molecule has 0 spiro atoms. The molecule has 150 valence electrons. The van der Waals surface area contributed by atoms with Crippen molar-refractivity contribution in [3.63, 3.8) is 0 Å². The van der Waals surface area contributed by atoms with Gasteiger partial charge in [-0.3, -0.25) is 9.69 Å². The second-order valence-corrected chi connectivity index (χ2v) is 7.43. The van der Waals surface area contributed by atoms with Crippen LogP contribution in [-0.4, -0.2) is 66.5 Å². The number of aromatic nitrogens is 1. The van der Waals surface area contributed by atoms with Gasteiger partial charge in [0.25, 0.3) is 0 Å². The van der Waals surface area contributed by atoms with Crippen LogP contribution >= 0.6 is 0 Å². The van der Waals surface area contributed by atoms with Crippen LogP contribution in [0.15, 0.2) is 18.2 Å². The van der Waals surface area contributed by atoms with Crippen LogP contribution in [0.4, 0.5) is 19.0 Å². The molecular formula is C19H27F3N4O. The average molecular weight is 384 g/mol. The molecule has 0 saturated carbocycles. The third kappa shape index (κ3) is 5.12. The van der Waals surface area contributed by atoms with Gasteiger partial charge in [-0.25, -0.2) is 4.98 Å². The molecule has 2 fully saturated rings. The highest BCUT2D eigenvalue weighted by atomic mass is 19.4. The summed E-state index contributed by atoms with van der Waals surface area (Å²) in [6.45, 7) is 7.64. The number of amides is 1. The van der Waals surface area contributed by atoms with Crippen molar-refractivity contribution in [3.05, 3.63) is 23.9 Å². The van der Waals surface area contributed by atoms with Crippen molar-refractivity contribution in [2.75, 3.05) is 50.7 Å². The lowest BCUT2D eigenvalue weighted by molar-refractivity contribution is -0.141. The molecule has 2 saturated heterocycles. The van der Waals surface area contributed by atoms with Gasteiger partial charge in [-0.2, -0.15) is 13.2 Å². The van der Waals surface area contributed by atoms with E-state index in [0.29, 0.717) is 18.9 Å². The lowest BCUT2D eigenvalue weighted by Crippen LogP contribution is -2.47. The Balaban J connectivity index is 1.39. The summed E-state index contributed by atoms with van der Waals surface area (Å²) in [7, 11) is 0. The van der Waals surface area contributed by atoms with Crippen molar-refractivity contribution in [2.45, 2.75) is 32.4 Å². The van der Waals surface area contributed by atoms with E-state index in [2.05, 4.69) is 9.88 Å². The van der Waals surface area contributed by atoms with Crippen LogP contribution in [0.5, 0.6) is 0 Å². The number of nitrogens with zero attached hydrogens (tertiary/aromatic N) is 4. The summed E-state index contributed by atoms with van der Waals surface area (Å²) in [5.41, 5.74) is -0.840. The number of hydrogen-bond acceptors (Lipinski definition) is 4. The quantitative estimate of drug-likeness (QED) is 0.707. The highest BCUT2D eigenvalue weighted by Gasteiger charge is 2.33. The molecule has 1 aromatic heterocycles. The zero-order chi connectivity index (χ0) is 19.4. The molecule has 0 aliphatic carbocycles. The largest absolute Gasteiger partial charge is 0.433 e. The minimum atomic E-state index is -4.41. The monoisotopic (exact) mass is 384 g/mol. The first kappa shape index (κ1) is 19.9. The second-order valence-electron chi connectivity index (χ2n) is 7.43. The molecule has 1 atom stereocenters. The van der Waals surface area contributed by atoms with Crippen molar-refractivity contribution in [3.8, 4) is 0 Å². The zero-order valence-corrected chi connectivity index (χ0v) is 15.7. The molecule has 27 heavy (non-hydrogen) atoms. The van der Waals surface area contributed by atoms with E-state index < -0.39 is 11.9 Å². The molecule has 2 aliphatic heterocycles. The fraction of sp³-hybridized carbons (Fsp3) is 0.684. The summed E-state index contributed by atoms with van der Waals surface area (Å²) >= 11 is 0. The number of unbranched alkanes of at least 4 members (excludes halogenated alkanes) is 1. The summed E-state index contributed by atoms with van der Waals surface area (Å²) in [5.74, 6) is 0.839. The van der Waals surface area contributed by atoms with Gasteiger partial charge in [0, 0.05) is 45.2 Å². The van der Waals surface area contributed by atoms with Gasteiger partial charge in [-0.15, -0.1) is 0 Å². The van der Waals surface area contributed by atoms with Gasteiger partial charge in [0.1, 0.15) is 11.5 Å². The van der Waals surface area contributed by atoms with Crippen molar-refractivity contribution < 1.29 is 18.0 Å². The van der Waals surface area contributed by atoms with Gasteiger partial charge < -0.3 is 9.80 Å². The van der Waals surface area contributed by atoms with Crippen LogP contribution in [0.3, 0.4) is 0 Å². The third-order valence-corrected chi connectivity index (χ3v) is 5.44. The van der Waals surface area contributed by atoms with Crippen LogP contribution in [0.2, 0.25) is 0 Å². The highest BCUT2D eigenvalue weighted by molar-refractivity contribution is 5.80. The lowest BCUT2D eigenvalue weighted by atomic mass is 10.1. The molecule has 0 bridgehead atoms. The molecule has 1 aromatic rings. The van der Waals surface area contributed by atoms with E-state index in [1.807, 2.05) is 16.7 Å². The van der Waals surface area contributed by atoms with Gasteiger partial charge >= 0.3 is 6.18 Å². The first-order valence-electron chi connectivity index (χ1n) is 9.65. The number of anilines is 1. The van der Waals surface area contributed by atoms with Crippen LogP contribution in [0.1, 0.15) is 31.9 Å². The molecule has 0 radical (unpaired) electrons. The Labute approximate surface area is 158 Å². The van der Waals surface area contributed by atoms with E-state index in [4.69, 9.17) is 0 Å². The molecular weight excluding hydrogens is 357 g/mol. The van der Waals surface area contributed by atoms with Gasteiger partial charge in [0.2, 0.25) is 5.91 Å². The predicted octanol–water partition coefficient (Wildman–Crippen LogP) is 2.87. The first-order valence-corrected chi connectivity index (χ1v) is 9.65. The smallest absolute Gasteiger partial charge is 0.354 e. The Morgan fingerprint density at radius 2 is 1.78 bits per heavy atom. The Kier molecular flexibility index (Phi) is 6.24. The molecule has 1 amide bonds. The molecule has 0 N–H and O–H groups in total. The third-order valence-electron chi connectivity index (χ3n) is 5.44. The fourth-order valence-corrected chi connectivity index (χ4v) is 3.71. The molecule has 0 aromatic carbocycles. The molecule has 8 heteroatoms. The second kappa shape index (κ2) is 8.46. The Morgan fingerprint density at radius 3 is 2.41 bits per heavy atom.